The highest BCUT2D eigenvalue weighted by atomic mass is 19.1. The molecule has 7 nitrogen and oxygen atoms in total. The van der Waals surface area contributed by atoms with Crippen molar-refractivity contribution in [1.82, 2.24) is 9.80 Å². The van der Waals surface area contributed by atoms with Crippen LogP contribution in [0.3, 0.4) is 0 Å². The molecule has 0 bridgehead atoms. The average Bonchev–Trinajstić information content (AvgIpc) is 2.95. The minimum atomic E-state index is -0.841. The smallest absolute Gasteiger partial charge is 0.247 e. The van der Waals surface area contributed by atoms with Gasteiger partial charge < -0.3 is 15.1 Å². The van der Waals surface area contributed by atoms with Crippen molar-refractivity contribution in [3.8, 4) is 6.07 Å². The summed E-state index contributed by atoms with van der Waals surface area (Å²) < 4.78 is 15.4. The van der Waals surface area contributed by atoms with Gasteiger partial charge in [-0.3, -0.25) is 14.5 Å². The first-order chi connectivity index (χ1) is 18.3. The predicted octanol–water partition coefficient (Wildman–Crippen LogP) is 4.98. The number of nitrogens with one attached hydrogen (secondary N) is 1. The Labute approximate surface area is 226 Å². The van der Waals surface area contributed by atoms with Crippen LogP contribution in [-0.2, 0) is 15.1 Å². The number of hydrogen-bond acceptors (Lipinski definition) is 5. The lowest BCUT2D eigenvalue weighted by Crippen LogP contribution is -2.60. The van der Waals surface area contributed by atoms with E-state index in [1.165, 1.54) is 6.07 Å². The number of likely N-dealkylation sites (N-methyl/N-ethyl adjacent to an activating group) is 1. The van der Waals surface area contributed by atoms with Crippen LogP contribution in [0.2, 0.25) is 0 Å². The van der Waals surface area contributed by atoms with Crippen LogP contribution in [0.5, 0.6) is 0 Å². The van der Waals surface area contributed by atoms with Gasteiger partial charge in [0.05, 0.1) is 11.4 Å². The molecule has 1 fully saturated rings. The first-order valence-corrected chi connectivity index (χ1v) is 13.6. The summed E-state index contributed by atoms with van der Waals surface area (Å²) in [4.78, 5) is 32.3. The molecule has 0 radical (unpaired) electrons. The van der Waals surface area contributed by atoms with Gasteiger partial charge in [0.1, 0.15) is 17.2 Å². The summed E-state index contributed by atoms with van der Waals surface area (Å²) in [6, 6.07) is 15.1. The largest absolute Gasteiger partial charge is 0.368 e. The van der Waals surface area contributed by atoms with Crippen LogP contribution in [-0.4, -0.2) is 60.9 Å². The molecule has 0 aliphatic carbocycles. The molecule has 0 aromatic heterocycles. The predicted molar refractivity (Wildman–Crippen MR) is 149 cm³/mol. The zero-order valence-corrected chi connectivity index (χ0v) is 23.3. The SMILES string of the molecule is CCC(CC)C(=O)Nc1ccc(N2CCN(C(C)(C(=O)N(CC)CC)c3ccccc3)CC2)c(C#N)c1F. The van der Waals surface area contributed by atoms with Crippen molar-refractivity contribution in [2.45, 2.75) is 53.0 Å². The van der Waals surface area contributed by atoms with Crippen molar-refractivity contribution in [1.29, 1.82) is 5.26 Å². The number of hydrogen-bond donors (Lipinski definition) is 1. The second kappa shape index (κ2) is 12.9. The molecule has 1 atom stereocenters. The van der Waals surface area contributed by atoms with E-state index in [-0.39, 0.29) is 29.0 Å². The van der Waals surface area contributed by atoms with Crippen LogP contribution in [0, 0.1) is 23.1 Å². The third kappa shape index (κ3) is 5.68. The number of amides is 2. The Hall–Kier alpha value is -3.44. The highest BCUT2D eigenvalue weighted by Crippen LogP contribution is 2.34. The third-order valence-electron chi connectivity index (χ3n) is 7.90. The van der Waals surface area contributed by atoms with E-state index in [1.807, 2.05) is 80.8 Å². The van der Waals surface area contributed by atoms with E-state index >= 15 is 4.39 Å². The molecule has 1 heterocycles. The standard InChI is InChI=1S/C30H40FN5O2/c1-6-22(7-2)28(37)33-25-15-16-26(24(21-32)27(25)31)35-17-19-36(20-18-35)30(5,23-13-11-10-12-14-23)29(38)34(8-3)9-4/h10-16,22H,6-9,17-20H2,1-5H3,(H,33,37). The van der Waals surface area contributed by atoms with Crippen LogP contribution in [0.4, 0.5) is 15.8 Å². The number of benzene rings is 2. The lowest BCUT2D eigenvalue weighted by molar-refractivity contribution is -0.144. The van der Waals surface area contributed by atoms with E-state index in [4.69, 9.17) is 0 Å². The maximum absolute atomic E-state index is 15.4. The van der Waals surface area contributed by atoms with Gasteiger partial charge in [-0.2, -0.15) is 5.26 Å². The van der Waals surface area contributed by atoms with Crippen molar-refractivity contribution in [3.05, 3.63) is 59.4 Å². The zero-order valence-electron chi connectivity index (χ0n) is 23.3. The highest BCUT2D eigenvalue weighted by Gasteiger charge is 2.44. The average molecular weight is 522 g/mol. The minimum absolute atomic E-state index is 0.0299. The van der Waals surface area contributed by atoms with Gasteiger partial charge in [0.2, 0.25) is 11.8 Å². The molecule has 0 spiro atoms. The highest BCUT2D eigenvalue weighted by molar-refractivity contribution is 5.93. The molecule has 2 amide bonds. The van der Waals surface area contributed by atoms with Gasteiger partial charge in [0, 0.05) is 45.2 Å². The van der Waals surface area contributed by atoms with Crippen molar-refractivity contribution >= 4 is 23.2 Å². The van der Waals surface area contributed by atoms with Crippen LogP contribution >= 0.6 is 0 Å². The number of piperazine rings is 1. The molecule has 2 aromatic carbocycles. The van der Waals surface area contributed by atoms with Crippen molar-refractivity contribution < 1.29 is 14.0 Å². The number of nitriles is 1. The quantitative estimate of drug-likeness (QED) is 0.477. The summed E-state index contributed by atoms with van der Waals surface area (Å²) in [5, 5.41) is 12.5. The third-order valence-corrected chi connectivity index (χ3v) is 7.90. The fraction of sp³-hybridized carbons (Fsp3) is 0.500. The topological polar surface area (TPSA) is 79.7 Å². The zero-order chi connectivity index (χ0) is 27.9. The molecule has 0 saturated carbocycles. The van der Waals surface area contributed by atoms with E-state index in [2.05, 4.69) is 10.2 Å². The fourth-order valence-electron chi connectivity index (χ4n) is 5.34. The molecule has 1 saturated heterocycles. The minimum Gasteiger partial charge on any atom is -0.368 e. The Morgan fingerprint density at radius 1 is 1.03 bits per heavy atom. The molecular formula is C30H40FN5O2. The van der Waals surface area contributed by atoms with Crippen molar-refractivity contribution in [3.63, 3.8) is 0 Å². The van der Waals surface area contributed by atoms with Gasteiger partial charge in [-0.1, -0.05) is 44.2 Å². The Morgan fingerprint density at radius 2 is 1.63 bits per heavy atom. The molecule has 38 heavy (non-hydrogen) atoms. The number of anilines is 2. The van der Waals surface area contributed by atoms with Crippen LogP contribution in [0.1, 0.15) is 58.6 Å². The molecule has 2 aromatic rings. The van der Waals surface area contributed by atoms with Gasteiger partial charge in [-0.15, -0.1) is 0 Å². The molecular weight excluding hydrogens is 481 g/mol. The van der Waals surface area contributed by atoms with Gasteiger partial charge in [-0.25, -0.2) is 4.39 Å². The number of carbonyl (C=O) groups excluding carboxylic acids is 2. The first-order valence-electron chi connectivity index (χ1n) is 13.6. The lowest BCUT2D eigenvalue weighted by Gasteiger charge is -2.47. The number of carbonyl (C=O) groups is 2. The van der Waals surface area contributed by atoms with E-state index in [1.54, 1.807) is 6.07 Å². The Bertz CT molecular complexity index is 1150. The van der Waals surface area contributed by atoms with Gasteiger partial charge in [0.15, 0.2) is 5.82 Å². The molecule has 204 valence electrons. The second-order valence-corrected chi connectivity index (χ2v) is 9.83. The van der Waals surface area contributed by atoms with E-state index in [9.17, 15) is 14.9 Å². The summed E-state index contributed by atoms with van der Waals surface area (Å²) in [6.07, 6.45) is 1.33. The van der Waals surface area contributed by atoms with Gasteiger partial charge in [0.25, 0.3) is 0 Å². The molecule has 3 rings (SSSR count). The molecule has 1 N–H and O–H groups in total. The van der Waals surface area contributed by atoms with Crippen LogP contribution in [0.25, 0.3) is 0 Å². The monoisotopic (exact) mass is 521 g/mol. The van der Waals surface area contributed by atoms with E-state index in [0.717, 1.165) is 5.56 Å². The molecule has 1 unspecified atom stereocenters. The normalized spacial score (nSPS) is 15.6. The van der Waals surface area contributed by atoms with E-state index < -0.39 is 11.4 Å². The van der Waals surface area contributed by atoms with Gasteiger partial charge >= 0.3 is 0 Å². The number of nitrogens with zero attached hydrogens (tertiary/aromatic N) is 4. The lowest BCUT2D eigenvalue weighted by atomic mass is 9.87. The van der Waals surface area contributed by atoms with E-state index in [0.29, 0.717) is 57.8 Å². The maximum atomic E-state index is 15.4. The number of rotatable bonds is 10. The molecule has 8 heteroatoms. The van der Waals surface area contributed by atoms with Gasteiger partial charge in [-0.05, 0) is 51.3 Å². The Kier molecular flexibility index (Phi) is 9.87. The van der Waals surface area contributed by atoms with Crippen molar-refractivity contribution in [2.24, 2.45) is 5.92 Å². The Morgan fingerprint density at radius 3 is 2.16 bits per heavy atom. The summed E-state index contributed by atoms with van der Waals surface area (Å²) in [7, 11) is 0. The molecule has 1 aliphatic heterocycles. The first kappa shape index (κ1) is 29.1. The number of halogens is 1. The summed E-state index contributed by atoms with van der Waals surface area (Å²) >= 11 is 0. The van der Waals surface area contributed by atoms with Crippen LogP contribution < -0.4 is 10.2 Å². The maximum Gasteiger partial charge on any atom is 0.247 e. The summed E-state index contributed by atoms with van der Waals surface area (Å²) in [5.74, 6) is -1.09. The summed E-state index contributed by atoms with van der Waals surface area (Å²) in [5.41, 5.74) is 0.549. The second-order valence-electron chi connectivity index (χ2n) is 9.83. The fourth-order valence-corrected chi connectivity index (χ4v) is 5.34. The Balaban J connectivity index is 1.85. The van der Waals surface area contributed by atoms with Crippen LogP contribution in [0.15, 0.2) is 42.5 Å². The summed E-state index contributed by atoms with van der Waals surface area (Å²) in [6.45, 7) is 13.2. The van der Waals surface area contributed by atoms with Crippen molar-refractivity contribution in [2.75, 3.05) is 49.5 Å². The molecule has 1 aliphatic rings.